The van der Waals surface area contributed by atoms with Crippen molar-refractivity contribution in [2.24, 2.45) is 0 Å². The van der Waals surface area contributed by atoms with Crippen LogP contribution in [0.1, 0.15) is 58.2 Å². The number of hydrogen-bond donors (Lipinski definition) is 0. The van der Waals surface area contributed by atoms with Gasteiger partial charge in [-0.05, 0) is 74.4 Å². The monoisotopic (exact) mass is 456 g/mol. The van der Waals surface area contributed by atoms with Gasteiger partial charge in [0.25, 0.3) is 0 Å². The molecule has 0 heterocycles. The zero-order valence-corrected chi connectivity index (χ0v) is 20.9. The normalized spacial score (nSPS) is 11.7. The van der Waals surface area contributed by atoms with Gasteiger partial charge in [0.2, 0.25) is 0 Å². The first kappa shape index (κ1) is 22.8. The second-order valence-electron chi connectivity index (χ2n) is 8.49. The van der Waals surface area contributed by atoms with Gasteiger partial charge in [-0.2, -0.15) is 0 Å². The minimum atomic E-state index is -1.68. The van der Waals surface area contributed by atoms with E-state index in [1.54, 1.807) is 7.11 Å². The SMILES string of the molecule is COc1ccc(Cc2ccc(C#C[Si](C(C)C)(C(C)C)C(C)C)cc2)cc1Br. The molecule has 0 saturated carbocycles. The molecule has 0 aromatic heterocycles. The van der Waals surface area contributed by atoms with Crippen LogP contribution in [-0.2, 0) is 6.42 Å². The fourth-order valence-corrected chi connectivity index (χ4v) is 10.2. The van der Waals surface area contributed by atoms with Crippen molar-refractivity contribution in [3.63, 3.8) is 0 Å². The number of ether oxygens (including phenoxy) is 1. The minimum absolute atomic E-state index is 0.660. The molecule has 2 aromatic rings. The summed E-state index contributed by atoms with van der Waals surface area (Å²) in [5.41, 5.74) is 9.47. The fourth-order valence-electron chi connectivity index (χ4n) is 4.37. The van der Waals surface area contributed by atoms with Gasteiger partial charge in [-0.1, -0.05) is 65.7 Å². The molecule has 0 spiro atoms. The Labute approximate surface area is 181 Å². The zero-order valence-electron chi connectivity index (χ0n) is 18.3. The second-order valence-corrected chi connectivity index (χ2v) is 14.9. The summed E-state index contributed by atoms with van der Waals surface area (Å²) in [7, 11) is 0.0109. The standard InChI is InChI=1S/C25H33BrOSi/c1-18(2)28(19(3)4,20(5)6)15-14-21-8-10-22(11-9-21)16-23-12-13-25(27-7)24(26)17-23/h8-13,17-20H,16H2,1-7H3. The van der Waals surface area contributed by atoms with Crippen LogP contribution in [0, 0.1) is 11.5 Å². The van der Waals surface area contributed by atoms with E-state index in [1.165, 1.54) is 11.1 Å². The maximum absolute atomic E-state index is 5.31. The second kappa shape index (κ2) is 9.81. The number of halogens is 1. The Morgan fingerprint density at radius 2 is 1.39 bits per heavy atom. The predicted octanol–water partition coefficient (Wildman–Crippen LogP) is 7.62. The summed E-state index contributed by atoms with van der Waals surface area (Å²) in [4.78, 5) is 0. The van der Waals surface area contributed by atoms with Crippen LogP contribution in [0.25, 0.3) is 0 Å². The molecule has 0 radical (unpaired) electrons. The summed E-state index contributed by atoms with van der Waals surface area (Å²) in [6.45, 7) is 14.1. The summed E-state index contributed by atoms with van der Waals surface area (Å²) < 4.78 is 6.30. The lowest BCUT2D eigenvalue weighted by molar-refractivity contribution is 0.412. The third-order valence-corrected chi connectivity index (χ3v) is 12.8. The molecular formula is C25H33BrOSi. The third kappa shape index (κ3) is 5.10. The quantitative estimate of drug-likeness (QED) is 0.320. The van der Waals surface area contributed by atoms with Crippen molar-refractivity contribution in [1.82, 2.24) is 0 Å². The Hall–Kier alpha value is -1.50. The van der Waals surface area contributed by atoms with E-state index in [0.29, 0.717) is 16.6 Å². The van der Waals surface area contributed by atoms with Crippen LogP contribution in [0.2, 0.25) is 16.6 Å². The molecule has 0 aliphatic heterocycles. The molecule has 2 aromatic carbocycles. The average molecular weight is 458 g/mol. The molecule has 0 unspecified atom stereocenters. The largest absolute Gasteiger partial charge is 0.496 e. The first-order chi connectivity index (χ1) is 13.2. The molecule has 0 atom stereocenters. The molecule has 0 bridgehead atoms. The summed E-state index contributed by atoms with van der Waals surface area (Å²) in [5.74, 6) is 4.40. The van der Waals surface area contributed by atoms with E-state index in [1.807, 2.05) is 6.07 Å². The van der Waals surface area contributed by atoms with Crippen molar-refractivity contribution in [3.8, 4) is 17.2 Å². The van der Waals surface area contributed by atoms with Gasteiger partial charge in [-0.3, -0.25) is 0 Å². The summed E-state index contributed by atoms with van der Waals surface area (Å²) >= 11 is 3.57. The van der Waals surface area contributed by atoms with Crippen LogP contribution >= 0.6 is 15.9 Å². The van der Waals surface area contributed by atoms with Crippen LogP contribution in [-0.4, -0.2) is 15.2 Å². The van der Waals surface area contributed by atoms with E-state index in [-0.39, 0.29) is 0 Å². The van der Waals surface area contributed by atoms with E-state index in [9.17, 15) is 0 Å². The van der Waals surface area contributed by atoms with Gasteiger partial charge >= 0.3 is 0 Å². The van der Waals surface area contributed by atoms with E-state index in [0.717, 1.165) is 22.2 Å². The molecule has 0 aliphatic rings. The Morgan fingerprint density at radius 1 is 0.857 bits per heavy atom. The Morgan fingerprint density at radius 3 is 1.86 bits per heavy atom. The smallest absolute Gasteiger partial charge is 0.146 e. The number of benzene rings is 2. The van der Waals surface area contributed by atoms with Crippen molar-refractivity contribution in [2.75, 3.05) is 7.11 Å². The molecule has 0 fully saturated rings. The predicted molar refractivity (Wildman–Crippen MR) is 128 cm³/mol. The highest BCUT2D eigenvalue weighted by Gasteiger charge is 2.41. The topological polar surface area (TPSA) is 9.23 Å². The lowest BCUT2D eigenvalue weighted by Gasteiger charge is -2.38. The van der Waals surface area contributed by atoms with Crippen molar-refractivity contribution >= 4 is 24.0 Å². The molecule has 2 rings (SSSR count). The number of rotatable bonds is 6. The molecule has 1 nitrogen and oxygen atoms in total. The van der Waals surface area contributed by atoms with Crippen LogP contribution in [0.5, 0.6) is 5.75 Å². The minimum Gasteiger partial charge on any atom is -0.496 e. The molecule has 0 amide bonds. The van der Waals surface area contributed by atoms with Crippen LogP contribution < -0.4 is 4.74 Å². The van der Waals surface area contributed by atoms with E-state index in [4.69, 9.17) is 4.74 Å². The molecule has 0 aliphatic carbocycles. The van der Waals surface area contributed by atoms with Gasteiger partial charge in [0, 0.05) is 5.56 Å². The number of methoxy groups -OCH3 is 1. The maximum atomic E-state index is 5.31. The highest BCUT2D eigenvalue weighted by atomic mass is 79.9. The molecular weight excluding hydrogens is 424 g/mol. The Bertz CT molecular complexity index is 819. The lowest BCUT2D eigenvalue weighted by atomic mass is 10.0. The van der Waals surface area contributed by atoms with Gasteiger partial charge in [-0.25, -0.2) is 0 Å². The lowest BCUT2D eigenvalue weighted by Crippen LogP contribution is -2.43. The molecule has 0 N–H and O–H groups in total. The molecule has 3 heteroatoms. The maximum Gasteiger partial charge on any atom is 0.146 e. The summed E-state index contributed by atoms with van der Waals surface area (Å²) in [5, 5.41) is 0. The molecule has 150 valence electrons. The van der Waals surface area contributed by atoms with Gasteiger partial charge in [0.15, 0.2) is 0 Å². The van der Waals surface area contributed by atoms with Crippen molar-refractivity contribution in [1.29, 1.82) is 0 Å². The first-order valence-electron chi connectivity index (χ1n) is 10.1. The summed E-state index contributed by atoms with van der Waals surface area (Å²) in [6, 6.07) is 15.0. The highest BCUT2D eigenvalue weighted by molar-refractivity contribution is 9.10. The van der Waals surface area contributed by atoms with Crippen LogP contribution in [0.4, 0.5) is 0 Å². The molecule has 28 heavy (non-hydrogen) atoms. The fraction of sp³-hybridized carbons (Fsp3) is 0.440. The van der Waals surface area contributed by atoms with Crippen LogP contribution in [0.15, 0.2) is 46.9 Å². The van der Waals surface area contributed by atoms with Crippen molar-refractivity contribution < 1.29 is 4.74 Å². The molecule has 0 saturated heterocycles. The summed E-state index contributed by atoms with van der Waals surface area (Å²) in [6.07, 6.45) is 0.902. The van der Waals surface area contributed by atoms with Gasteiger partial charge in [0.1, 0.15) is 13.8 Å². The van der Waals surface area contributed by atoms with Gasteiger partial charge in [0.05, 0.1) is 11.6 Å². The van der Waals surface area contributed by atoms with Gasteiger partial charge in [-0.15, -0.1) is 5.54 Å². The van der Waals surface area contributed by atoms with E-state index in [2.05, 4.69) is 105 Å². The Balaban J connectivity index is 2.21. The van der Waals surface area contributed by atoms with Crippen molar-refractivity contribution in [3.05, 3.63) is 63.6 Å². The van der Waals surface area contributed by atoms with E-state index >= 15 is 0 Å². The van der Waals surface area contributed by atoms with Gasteiger partial charge < -0.3 is 4.74 Å². The zero-order chi connectivity index (χ0) is 20.9. The first-order valence-corrected chi connectivity index (χ1v) is 13.2. The van der Waals surface area contributed by atoms with Crippen LogP contribution in [0.3, 0.4) is 0 Å². The number of hydrogen-bond acceptors (Lipinski definition) is 1. The highest BCUT2D eigenvalue weighted by Crippen LogP contribution is 2.40. The third-order valence-electron chi connectivity index (χ3n) is 5.87. The van der Waals surface area contributed by atoms with E-state index < -0.39 is 8.07 Å². The Kier molecular flexibility index (Phi) is 7.98. The van der Waals surface area contributed by atoms with Crippen molar-refractivity contribution in [2.45, 2.75) is 64.6 Å². The average Bonchev–Trinajstić information content (AvgIpc) is 2.63.